The molecule has 0 fully saturated rings. The molecule has 0 bridgehead atoms. The van der Waals surface area contributed by atoms with Crippen molar-refractivity contribution in [2.75, 3.05) is 0 Å². The Morgan fingerprint density at radius 2 is 1.46 bits per heavy atom. The van der Waals surface area contributed by atoms with Gasteiger partial charge < -0.3 is 0 Å². The van der Waals surface area contributed by atoms with Crippen LogP contribution in [-0.2, 0) is 0 Å². The van der Waals surface area contributed by atoms with Gasteiger partial charge in [-0.15, -0.1) is 0 Å². The summed E-state index contributed by atoms with van der Waals surface area (Å²) in [6.45, 7) is 16.6. The Morgan fingerprint density at radius 3 is 1.69 bits per heavy atom. The van der Waals surface area contributed by atoms with Crippen LogP contribution in [-0.4, -0.2) is 0 Å². The maximum atomic E-state index is 2.43. The molecule has 80 valence electrons. The van der Waals surface area contributed by atoms with Gasteiger partial charge in [0.2, 0.25) is 0 Å². The summed E-state index contributed by atoms with van der Waals surface area (Å²) >= 11 is 0. The lowest BCUT2D eigenvalue weighted by Gasteiger charge is -2.40. The molecule has 0 amide bonds. The third-order valence-corrected chi connectivity index (χ3v) is 3.85. The molecule has 0 heterocycles. The molecule has 0 aromatic heterocycles. The molecule has 0 aromatic rings. The zero-order valence-electron chi connectivity index (χ0n) is 10.6. The van der Waals surface area contributed by atoms with E-state index in [0.29, 0.717) is 5.41 Å². The van der Waals surface area contributed by atoms with Gasteiger partial charge in [0.1, 0.15) is 0 Å². The van der Waals surface area contributed by atoms with Crippen molar-refractivity contribution in [1.29, 1.82) is 0 Å². The minimum absolute atomic E-state index is 0.490. The lowest BCUT2D eigenvalue weighted by Crippen LogP contribution is -2.33. The van der Waals surface area contributed by atoms with Gasteiger partial charge in [-0.05, 0) is 29.6 Å². The average Bonchev–Trinajstić information content (AvgIpc) is 1.98. The van der Waals surface area contributed by atoms with E-state index in [2.05, 4.69) is 48.5 Å². The van der Waals surface area contributed by atoms with Gasteiger partial charge >= 0.3 is 0 Å². The SMILES string of the molecule is CCCC(C(C)C)C(C)(C)C(C)C. The Hall–Kier alpha value is 0. The second kappa shape index (κ2) is 5.02. The van der Waals surface area contributed by atoms with Crippen molar-refractivity contribution in [2.24, 2.45) is 23.2 Å². The monoisotopic (exact) mass is 184 g/mol. The highest BCUT2D eigenvalue weighted by Crippen LogP contribution is 2.41. The minimum atomic E-state index is 0.490. The first-order valence-electron chi connectivity index (χ1n) is 5.84. The first kappa shape index (κ1) is 13.0. The Bertz CT molecular complexity index is 131. The van der Waals surface area contributed by atoms with Crippen LogP contribution < -0.4 is 0 Å². The molecule has 0 aliphatic rings. The van der Waals surface area contributed by atoms with Crippen LogP contribution >= 0.6 is 0 Å². The summed E-state index contributed by atoms with van der Waals surface area (Å²) < 4.78 is 0. The smallest absolute Gasteiger partial charge is 0.0300 e. The number of hydrogen-bond acceptors (Lipinski definition) is 0. The summed E-state index contributed by atoms with van der Waals surface area (Å²) in [7, 11) is 0. The summed E-state index contributed by atoms with van der Waals surface area (Å²) in [5.74, 6) is 2.47. The zero-order chi connectivity index (χ0) is 10.6. The minimum Gasteiger partial charge on any atom is -0.0654 e. The largest absolute Gasteiger partial charge is 0.0654 e. The normalized spacial score (nSPS) is 15.5. The molecule has 0 spiro atoms. The molecule has 0 saturated heterocycles. The second-order valence-corrected chi connectivity index (χ2v) is 5.62. The van der Waals surface area contributed by atoms with E-state index in [9.17, 15) is 0 Å². The molecule has 1 unspecified atom stereocenters. The third kappa shape index (κ3) is 3.32. The van der Waals surface area contributed by atoms with E-state index in [1.807, 2.05) is 0 Å². The predicted octanol–water partition coefficient (Wildman–Crippen LogP) is 4.74. The van der Waals surface area contributed by atoms with Crippen LogP contribution in [0.5, 0.6) is 0 Å². The van der Waals surface area contributed by atoms with Gasteiger partial charge in [-0.25, -0.2) is 0 Å². The fourth-order valence-corrected chi connectivity index (χ4v) is 2.30. The molecule has 0 heteroatoms. The van der Waals surface area contributed by atoms with E-state index >= 15 is 0 Å². The van der Waals surface area contributed by atoms with Crippen molar-refractivity contribution < 1.29 is 0 Å². The Morgan fingerprint density at radius 1 is 1.00 bits per heavy atom. The number of rotatable bonds is 5. The molecular weight excluding hydrogens is 156 g/mol. The van der Waals surface area contributed by atoms with Crippen molar-refractivity contribution in [1.82, 2.24) is 0 Å². The van der Waals surface area contributed by atoms with Gasteiger partial charge in [-0.3, -0.25) is 0 Å². The molecule has 0 saturated carbocycles. The highest BCUT2D eigenvalue weighted by Gasteiger charge is 2.33. The van der Waals surface area contributed by atoms with Gasteiger partial charge in [-0.2, -0.15) is 0 Å². The topological polar surface area (TPSA) is 0 Å². The van der Waals surface area contributed by atoms with E-state index in [0.717, 1.165) is 17.8 Å². The maximum absolute atomic E-state index is 2.43. The van der Waals surface area contributed by atoms with Crippen LogP contribution in [0.15, 0.2) is 0 Å². The lowest BCUT2D eigenvalue weighted by molar-refractivity contribution is 0.0889. The van der Waals surface area contributed by atoms with Crippen molar-refractivity contribution in [3.63, 3.8) is 0 Å². The van der Waals surface area contributed by atoms with Crippen LogP contribution in [0.25, 0.3) is 0 Å². The van der Waals surface area contributed by atoms with E-state index in [1.54, 1.807) is 0 Å². The summed E-state index contributed by atoms with van der Waals surface area (Å²) in [4.78, 5) is 0. The Balaban J connectivity index is 4.51. The Kier molecular flexibility index (Phi) is 5.02. The van der Waals surface area contributed by atoms with Gasteiger partial charge in [0, 0.05) is 0 Å². The van der Waals surface area contributed by atoms with Crippen LogP contribution in [0, 0.1) is 23.2 Å². The lowest BCUT2D eigenvalue weighted by atomic mass is 9.65. The molecule has 0 rings (SSSR count). The second-order valence-electron chi connectivity index (χ2n) is 5.62. The fourth-order valence-electron chi connectivity index (χ4n) is 2.30. The van der Waals surface area contributed by atoms with E-state index in [-0.39, 0.29) is 0 Å². The summed E-state index contributed by atoms with van der Waals surface area (Å²) in [5.41, 5.74) is 0.490. The van der Waals surface area contributed by atoms with E-state index in [1.165, 1.54) is 12.8 Å². The van der Waals surface area contributed by atoms with Crippen molar-refractivity contribution in [3.05, 3.63) is 0 Å². The van der Waals surface area contributed by atoms with Gasteiger partial charge in [-0.1, -0.05) is 54.9 Å². The summed E-state index contributed by atoms with van der Waals surface area (Å²) in [6.07, 6.45) is 2.70. The van der Waals surface area contributed by atoms with Gasteiger partial charge in [0.25, 0.3) is 0 Å². The van der Waals surface area contributed by atoms with Crippen LogP contribution in [0.2, 0.25) is 0 Å². The molecule has 0 radical (unpaired) electrons. The first-order chi connectivity index (χ1) is 5.84. The van der Waals surface area contributed by atoms with Crippen LogP contribution in [0.4, 0.5) is 0 Å². The van der Waals surface area contributed by atoms with Crippen molar-refractivity contribution >= 4 is 0 Å². The molecule has 13 heavy (non-hydrogen) atoms. The Labute approximate surface area is 85.1 Å². The predicted molar refractivity (Wildman–Crippen MR) is 61.9 cm³/mol. The molecule has 0 aromatic carbocycles. The quantitative estimate of drug-likeness (QED) is 0.579. The van der Waals surface area contributed by atoms with Gasteiger partial charge in [0.05, 0.1) is 0 Å². The first-order valence-corrected chi connectivity index (χ1v) is 5.84. The van der Waals surface area contributed by atoms with Gasteiger partial charge in [0.15, 0.2) is 0 Å². The summed E-state index contributed by atoms with van der Waals surface area (Å²) in [5, 5.41) is 0. The molecule has 0 aliphatic heterocycles. The number of hydrogen-bond donors (Lipinski definition) is 0. The fraction of sp³-hybridized carbons (Fsp3) is 1.00. The van der Waals surface area contributed by atoms with E-state index < -0.39 is 0 Å². The van der Waals surface area contributed by atoms with Crippen LogP contribution in [0.3, 0.4) is 0 Å². The average molecular weight is 184 g/mol. The molecular formula is C13H28. The zero-order valence-corrected chi connectivity index (χ0v) is 10.6. The van der Waals surface area contributed by atoms with Crippen molar-refractivity contribution in [2.45, 2.75) is 61.3 Å². The van der Waals surface area contributed by atoms with Crippen LogP contribution in [0.1, 0.15) is 61.3 Å². The standard InChI is InChI=1S/C13H28/c1-8-9-12(10(2)3)13(6,7)11(4)5/h10-12H,8-9H2,1-7H3. The highest BCUT2D eigenvalue weighted by atomic mass is 14.4. The highest BCUT2D eigenvalue weighted by molar-refractivity contribution is 4.82. The maximum Gasteiger partial charge on any atom is -0.0300 e. The molecule has 0 N–H and O–H groups in total. The molecule has 0 nitrogen and oxygen atoms in total. The third-order valence-electron chi connectivity index (χ3n) is 3.85. The van der Waals surface area contributed by atoms with Crippen molar-refractivity contribution in [3.8, 4) is 0 Å². The molecule has 0 aliphatic carbocycles. The molecule has 1 atom stereocenters. The van der Waals surface area contributed by atoms with E-state index in [4.69, 9.17) is 0 Å². The summed E-state index contributed by atoms with van der Waals surface area (Å²) in [6, 6.07) is 0.